The molecule has 0 saturated heterocycles. The van der Waals surface area contributed by atoms with Crippen molar-refractivity contribution < 1.29 is 0 Å². The number of fused-ring (bicyclic) bond motifs is 7. The molecule has 0 spiro atoms. The third-order valence-corrected chi connectivity index (χ3v) is 12.1. The molecule has 0 aromatic heterocycles. The van der Waals surface area contributed by atoms with Crippen LogP contribution in [0, 0.1) is 0 Å². The molecule has 0 fully saturated rings. The normalized spacial score (nSPS) is 14.3. The Bertz CT molecular complexity index is 2730. The van der Waals surface area contributed by atoms with Crippen molar-refractivity contribution in [1.82, 2.24) is 0 Å². The summed E-state index contributed by atoms with van der Waals surface area (Å²) >= 11 is 0. The van der Waals surface area contributed by atoms with Crippen LogP contribution in [0.2, 0.25) is 0 Å². The summed E-state index contributed by atoms with van der Waals surface area (Å²) in [5.74, 6) is 0. The molecule has 0 N–H and O–H groups in total. The van der Waals surface area contributed by atoms with E-state index in [1.807, 2.05) is 0 Å². The van der Waals surface area contributed by atoms with Crippen molar-refractivity contribution >= 4 is 27.8 Å². The molecule has 1 nitrogen and oxygen atoms in total. The van der Waals surface area contributed by atoms with E-state index in [1.54, 1.807) is 0 Å². The Hall–Kier alpha value is -6.18. The molecule has 8 aromatic carbocycles. The molecule has 254 valence electrons. The van der Waals surface area contributed by atoms with Crippen LogP contribution >= 0.6 is 0 Å². The third-order valence-electron chi connectivity index (χ3n) is 12.1. The van der Waals surface area contributed by atoms with Crippen LogP contribution in [0.4, 0.5) is 17.1 Å². The van der Waals surface area contributed by atoms with Gasteiger partial charge in [0.05, 0.1) is 11.4 Å². The number of nitrogens with zero attached hydrogens (tertiary/aromatic N) is 1. The maximum atomic E-state index is 2.52. The first-order valence-electron chi connectivity index (χ1n) is 18.8. The van der Waals surface area contributed by atoms with Gasteiger partial charge < -0.3 is 4.90 Å². The second kappa shape index (κ2) is 11.7. The molecule has 10 rings (SSSR count). The topological polar surface area (TPSA) is 3.24 Å². The van der Waals surface area contributed by atoms with Crippen LogP contribution < -0.4 is 4.90 Å². The Kier molecular flexibility index (Phi) is 6.94. The van der Waals surface area contributed by atoms with Gasteiger partial charge in [0, 0.05) is 27.6 Å². The lowest BCUT2D eigenvalue weighted by atomic mass is 9.81. The van der Waals surface area contributed by atoms with Gasteiger partial charge in [-0.1, -0.05) is 173 Å². The lowest BCUT2D eigenvalue weighted by Gasteiger charge is -2.32. The van der Waals surface area contributed by atoms with E-state index < -0.39 is 0 Å². The largest absolute Gasteiger partial charge is 0.309 e. The molecule has 0 heterocycles. The summed E-state index contributed by atoms with van der Waals surface area (Å²) in [6, 6.07) is 65.4. The molecule has 0 atom stereocenters. The van der Waals surface area contributed by atoms with Gasteiger partial charge in [0.2, 0.25) is 0 Å². The van der Waals surface area contributed by atoms with Crippen molar-refractivity contribution in [3.63, 3.8) is 0 Å². The zero-order valence-electron chi connectivity index (χ0n) is 30.7. The summed E-state index contributed by atoms with van der Waals surface area (Å²) in [4.78, 5) is 2.52. The van der Waals surface area contributed by atoms with Gasteiger partial charge in [-0.15, -0.1) is 0 Å². The SMILES string of the molecule is CC1(C)c2ccccc2-c2ccc(-c3ccccc3N(c3ccc4c(c3)C(C)(C)c3ccccc3-4)c3ccc4ccccc4c3-c3ccccc3)cc21. The zero-order chi connectivity index (χ0) is 35.9. The van der Waals surface area contributed by atoms with Crippen molar-refractivity contribution in [2.45, 2.75) is 38.5 Å². The minimum Gasteiger partial charge on any atom is -0.309 e. The Morgan fingerprint density at radius 3 is 1.62 bits per heavy atom. The van der Waals surface area contributed by atoms with Crippen LogP contribution in [-0.4, -0.2) is 0 Å². The molecular weight excluding hydrogens is 639 g/mol. The maximum absolute atomic E-state index is 2.52. The zero-order valence-corrected chi connectivity index (χ0v) is 30.7. The minimum absolute atomic E-state index is 0.0873. The van der Waals surface area contributed by atoms with Crippen molar-refractivity contribution in [3.8, 4) is 44.5 Å². The highest BCUT2D eigenvalue weighted by atomic mass is 15.1. The van der Waals surface area contributed by atoms with Crippen molar-refractivity contribution in [2.75, 3.05) is 4.90 Å². The molecule has 2 aliphatic carbocycles. The molecule has 2 aliphatic rings. The van der Waals surface area contributed by atoms with Crippen molar-refractivity contribution in [2.24, 2.45) is 0 Å². The summed E-state index contributed by atoms with van der Waals surface area (Å²) in [6.45, 7) is 9.47. The monoisotopic (exact) mass is 679 g/mol. The highest BCUT2D eigenvalue weighted by molar-refractivity contribution is 6.06. The molecular formula is C52H41N. The first-order chi connectivity index (χ1) is 25.8. The smallest absolute Gasteiger partial charge is 0.0546 e. The molecule has 0 unspecified atom stereocenters. The predicted molar refractivity (Wildman–Crippen MR) is 225 cm³/mol. The summed E-state index contributed by atoms with van der Waals surface area (Å²) in [7, 11) is 0. The predicted octanol–water partition coefficient (Wildman–Crippen LogP) is 14.3. The second-order valence-electron chi connectivity index (χ2n) is 15.7. The van der Waals surface area contributed by atoms with Crippen LogP contribution in [0.15, 0.2) is 176 Å². The average Bonchev–Trinajstić information content (AvgIpc) is 3.57. The van der Waals surface area contributed by atoms with Crippen LogP contribution in [0.25, 0.3) is 55.3 Å². The van der Waals surface area contributed by atoms with Crippen LogP contribution in [-0.2, 0) is 10.8 Å². The molecule has 0 amide bonds. The first kappa shape index (κ1) is 31.5. The standard InChI is InChI=1S/C52H41N/c1-51(2)44-23-13-10-21-40(44)42-29-26-36(32-46(42)51)38-19-12-15-25-48(38)53(37-28-30-43-41-22-11-14-24-45(41)52(3,4)47(43)33-37)49-31-27-34-16-8-9-20-39(34)50(49)35-17-6-5-7-18-35/h5-33H,1-4H3. The van der Waals surface area contributed by atoms with Gasteiger partial charge in [0.15, 0.2) is 0 Å². The van der Waals surface area contributed by atoms with E-state index in [0.29, 0.717) is 0 Å². The van der Waals surface area contributed by atoms with E-state index in [2.05, 4.69) is 209 Å². The number of hydrogen-bond donors (Lipinski definition) is 0. The lowest BCUT2D eigenvalue weighted by Crippen LogP contribution is -2.17. The Morgan fingerprint density at radius 2 is 0.906 bits per heavy atom. The van der Waals surface area contributed by atoms with Crippen LogP contribution in [0.5, 0.6) is 0 Å². The summed E-state index contributed by atoms with van der Waals surface area (Å²) in [5.41, 5.74) is 19.0. The molecule has 0 aliphatic heterocycles. The Balaban J connectivity index is 1.24. The van der Waals surface area contributed by atoms with E-state index in [-0.39, 0.29) is 10.8 Å². The van der Waals surface area contributed by atoms with Gasteiger partial charge in [-0.3, -0.25) is 0 Å². The average molecular weight is 680 g/mol. The van der Waals surface area contributed by atoms with E-state index in [1.165, 1.54) is 77.5 Å². The summed E-state index contributed by atoms with van der Waals surface area (Å²) in [5, 5.41) is 2.47. The first-order valence-corrected chi connectivity index (χ1v) is 18.8. The van der Waals surface area contributed by atoms with Gasteiger partial charge in [-0.2, -0.15) is 0 Å². The number of para-hydroxylation sites is 1. The van der Waals surface area contributed by atoms with E-state index in [9.17, 15) is 0 Å². The molecule has 0 saturated carbocycles. The second-order valence-corrected chi connectivity index (χ2v) is 15.7. The molecule has 0 bridgehead atoms. The van der Waals surface area contributed by atoms with Crippen LogP contribution in [0.3, 0.4) is 0 Å². The fourth-order valence-corrected chi connectivity index (χ4v) is 9.38. The number of benzene rings is 8. The number of hydrogen-bond acceptors (Lipinski definition) is 1. The quantitative estimate of drug-likeness (QED) is 0.175. The molecule has 8 aromatic rings. The highest BCUT2D eigenvalue weighted by Crippen LogP contribution is 2.54. The Labute approximate surface area is 312 Å². The number of anilines is 3. The number of rotatable bonds is 5. The van der Waals surface area contributed by atoms with Gasteiger partial charge in [-0.25, -0.2) is 0 Å². The van der Waals surface area contributed by atoms with Crippen molar-refractivity contribution in [3.05, 3.63) is 198 Å². The van der Waals surface area contributed by atoms with E-state index in [0.717, 1.165) is 17.1 Å². The fourth-order valence-electron chi connectivity index (χ4n) is 9.38. The molecule has 1 heteroatoms. The Morgan fingerprint density at radius 1 is 0.358 bits per heavy atom. The maximum Gasteiger partial charge on any atom is 0.0546 e. The minimum atomic E-state index is -0.126. The summed E-state index contributed by atoms with van der Waals surface area (Å²) < 4.78 is 0. The highest BCUT2D eigenvalue weighted by Gasteiger charge is 2.37. The van der Waals surface area contributed by atoms with Gasteiger partial charge in [-0.05, 0) is 96.7 Å². The van der Waals surface area contributed by atoms with Crippen molar-refractivity contribution in [1.29, 1.82) is 0 Å². The van der Waals surface area contributed by atoms with Gasteiger partial charge >= 0.3 is 0 Å². The van der Waals surface area contributed by atoms with E-state index >= 15 is 0 Å². The van der Waals surface area contributed by atoms with Crippen LogP contribution in [0.1, 0.15) is 49.9 Å². The lowest BCUT2D eigenvalue weighted by molar-refractivity contribution is 0.660. The van der Waals surface area contributed by atoms with Gasteiger partial charge in [0.25, 0.3) is 0 Å². The third kappa shape index (κ3) is 4.70. The fraction of sp³-hybridized carbons (Fsp3) is 0.115. The van der Waals surface area contributed by atoms with E-state index in [4.69, 9.17) is 0 Å². The molecule has 53 heavy (non-hydrogen) atoms. The summed E-state index contributed by atoms with van der Waals surface area (Å²) in [6.07, 6.45) is 0. The molecule has 0 radical (unpaired) electrons. The van der Waals surface area contributed by atoms with Gasteiger partial charge in [0.1, 0.15) is 0 Å².